The molecule has 3 heterocycles. The third-order valence-corrected chi connectivity index (χ3v) is 4.71. The van der Waals surface area contributed by atoms with Gasteiger partial charge in [0.15, 0.2) is 0 Å². The molecular weight excluding hydrogens is 252 g/mol. The number of ether oxygens (including phenoxy) is 1. The number of aromatic nitrogens is 1. The highest BCUT2D eigenvalue weighted by atomic mass is 16.5. The molecule has 2 aliphatic rings. The maximum absolute atomic E-state index is 12.3. The van der Waals surface area contributed by atoms with Gasteiger partial charge in [-0.15, -0.1) is 0 Å². The average molecular weight is 270 g/mol. The van der Waals surface area contributed by atoms with Gasteiger partial charge in [0.25, 0.3) is 0 Å². The van der Waals surface area contributed by atoms with Crippen molar-refractivity contribution in [1.82, 2.24) is 9.47 Å². The quantitative estimate of drug-likeness (QED) is 0.738. The Balaban J connectivity index is 2.03. The molecule has 4 rings (SSSR count). The summed E-state index contributed by atoms with van der Waals surface area (Å²) in [4.78, 5) is 14.8. The van der Waals surface area contributed by atoms with Crippen LogP contribution in [0.1, 0.15) is 30.1 Å². The second-order valence-corrected chi connectivity index (χ2v) is 5.63. The minimum atomic E-state index is -0.267. The molecule has 0 aliphatic carbocycles. The summed E-state index contributed by atoms with van der Waals surface area (Å²) in [6.45, 7) is 2.25. The van der Waals surface area contributed by atoms with Gasteiger partial charge in [-0.05, 0) is 37.4 Å². The molecule has 1 unspecified atom stereocenters. The van der Waals surface area contributed by atoms with E-state index in [0.29, 0.717) is 6.04 Å². The van der Waals surface area contributed by atoms with E-state index in [-0.39, 0.29) is 6.09 Å². The zero-order valence-electron chi connectivity index (χ0n) is 11.6. The van der Waals surface area contributed by atoms with Crippen molar-refractivity contribution in [2.45, 2.75) is 25.3 Å². The third kappa shape index (κ3) is 1.48. The zero-order chi connectivity index (χ0) is 13.7. The summed E-state index contributed by atoms with van der Waals surface area (Å²) in [5.41, 5.74) is 3.49. The van der Waals surface area contributed by atoms with E-state index in [1.54, 1.807) is 4.57 Å². The van der Waals surface area contributed by atoms with Crippen LogP contribution in [0, 0.1) is 0 Å². The standard InChI is InChI=1S/C16H18N2O2/c1-20-16(19)18-13-6-3-2-5-11(13)12-8-10-17-9-4-7-14(17)15(12)18/h2-3,5-6,14H,4,7-10H2,1H3. The van der Waals surface area contributed by atoms with Crippen molar-refractivity contribution in [3.63, 3.8) is 0 Å². The van der Waals surface area contributed by atoms with Crippen LogP contribution in [0.2, 0.25) is 0 Å². The fraction of sp³-hybridized carbons (Fsp3) is 0.438. The van der Waals surface area contributed by atoms with Crippen molar-refractivity contribution < 1.29 is 9.53 Å². The number of para-hydroxylation sites is 1. The first-order valence-corrected chi connectivity index (χ1v) is 7.26. The number of carbonyl (C=O) groups excluding carboxylic acids is 1. The molecule has 2 aromatic rings. The Kier molecular flexibility index (Phi) is 2.60. The van der Waals surface area contributed by atoms with Gasteiger partial charge in [0.1, 0.15) is 0 Å². The van der Waals surface area contributed by atoms with E-state index in [1.807, 2.05) is 18.2 Å². The molecule has 1 fully saturated rings. The Hall–Kier alpha value is -1.81. The van der Waals surface area contributed by atoms with E-state index in [4.69, 9.17) is 4.74 Å². The molecular formula is C16H18N2O2. The van der Waals surface area contributed by atoms with Crippen molar-refractivity contribution in [2.75, 3.05) is 20.2 Å². The van der Waals surface area contributed by atoms with Crippen LogP contribution in [-0.2, 0) is 11.2 Å². The summed E-state index contributed by atoms with van der Waals surface area (Å²) in [7, 11) is 1.46. The number of rotatable bonds is 0. The lowest BCUT2D eigenvalue weighted by molar-refractivity contribution is 0.168. The molecule has 1 atom stereocenters. The Morgan fingerprint density at radius 3 is 3.00 bits per heavy atom. The van der Waals surface area contributed by atoms with Crippen molar-refractivity contribution >= 4 is 17.0 Å². The number of methoxy groups -OCH3 is 1. The maximum atomic E-state index is 12.3. The third-order valence-electron chi connectivity index (χ3n) is 4.71. The van der Waals surface area contributed by atoms with Crippen LogP contribution in [0.25, 0.3) is 10.9 Å². The fourth-order valence-electron chi connectivity index (χ4n) is 3.89. The van der Waals surface area contributed by atoms with E-state index >= 15 is 0 Å². The van der Waals surface area contributed by atoms with Crippen LogP contribution in [-0.4, -0.2) is 35.8 Å². The van der Waals surface area contributed by atoms with Crippen molar-refractivity contribution in [3.8, 4) is 0 Å². The SMILES string of the molecule is COC(=O)n1c2c(c3ccccc31)CCN1CCCC21. The molecule has 0 bridgehead atoms. The highest BCUT2D eigenvalue weighted by Crippen LogP contribution is 2.42. The highest BCUT2D eigenvalue weighted by molar-refractivity contribution is 5.94. The first-order valence-electron chi connectivity index (χ1n) is 7.26. The average Bonchev–Trinajstić information content (AvgIpc) is 3.08. The van der Waals surface area contributed by atoms with Crippen LogP contribution in [0.4, 0.5) is 4.79 Å². The Bertz CT molecular complexity index is 689. The predicted molar refractivity (Wildman–Crippen MR) is 77.0 cm³/mol. The lowest BCUT2D eigenvalue weighted by Gasteiger charge is -2.30. The maximum Gasteiger partial charge on any atom is 0.418 e. The van der Waals surface area contributed by atoms with E-state index in [1.165, 1.54) is 30.2 Å². The van der Waals surface area contributed by atoms with Crippen LogP contribution in [0.15, 0.2) is 24.3 Å². The van der Waals surface area contributed by atoms with Crippen LogP contribution in [0.5, 0.6) is 0 Å². The number of hydrogen-bond donors (Lipinski definition) is 0. The molecule has 1 aromatic carbocycles. The van der Waals surface area contributed by atoms with Gasteiger partial charge in [0, 0.05) is 11.9 Å². The molecule has 0 N–H and O–H groups in total. The monoisotopic (exact) mass is 270 g/mol. The van der Waals surface area contributed by atoms with Gasteiger partial charge in [-0.3, -0.25) is 4.90 Å². The molecule has 104 valence electrons. The summed E-state index contributed by atoms with van der Waals surface area (Å²) < 4.78 is 6.82. The van der Waals surface area contributed by atoms with Crippen molar-refractivity contribution in [2.24, 2.45) is 0 Å². The zero-order valence-corrected chi connectivity index (χ0v) is 11.6. The first kappa shape index (κ1) is 12.0. The number of carbonyl (C=O) groups is 1. The van der Waals surface area contributed by atoms with Gasteiger partial charge in [-0.1, -0.05) is 18.2 Å². The number of fused-ring (bicyclic) bond motifs is 5. The minimum absolute atomic E-state index is 0.267. The summed E-state index contributed by atoms with van der Waals surface area (Å²) in [6.07, 6.45) is 3.11. The van der Waals surface area contributed by atoms with Gasteiger partial charge >= 0.3 is 6.09 Å². The van der Waals surface area contributed by atoms with E-state index in [9.17, 15) is 4.79 Å². The smallest absolute Gasteiger partial charge is 0.418 e. The van der Waals surface area contributed by atoms with Gasteiger partial charge < -0.3 is 4.74 Å². The molecule has 0 saturated carbocycles. The molecule has 1 aromatic heterocycles. The molecule has 4 heteroatoms. The highest BCUT2D eigenvalue weighted by Gasteiger charge is 2.36. The van der Waals surface area contributed by atoms with Crippen LogP contribution >= 0.6 is 0 Å². The molecule has 1 saturated heterocycles. The van der Waals surface area contributed by atoms with Crippen LogP contribution < -0.4 is 0 Å². The first-order chi connectivity index (χ1) is 9.81. The Morgan fingerprint density at radius 1 is 1.30 bits per heavy atom. The van der Waals surface area contributed by atoms with Crippen molar-refractivity contribution in [1.29, 1.82) is 0 Å². The van der Waals surface area contributed by atoms with Crippen molar-refractivity contribution in [3.05, 3.63) is 35.5 Å². The molecule has 4 nitrogen and oxygen atoms in total. The number of nitrogens with zero attached hydrogens (tertiary/aromatic N) is 2. The molecule has 20 heavy (non-hydrogen) atoms. The molecule has 0 spiro atoms. The minimum Gasteiger partial charge on any atom is -0.452 e. The largest absolute Gasteiger partial charge is 0.452 e. The predicted octanol–water partition coefficient (Wildman–Crippen LogP) is 2.95. The molecule has 0 radical (unpaired) electrons. The van der Waals surface area contributed by atoms with Crippen LogP contribution in [0.3, 0.4) is 0 Å². The lowest BCUT2D eigenvalue weighted by Crippen LogP contribution is -2.33. The summed E-state index contributed by atoms with van der Waals surface area (Å²) in [5, 5.41) is 1.21. The molecule has 0 amide bonds. The second kappa shape index (κ2) is 4.35. The lowest BCUT2D eigenvalue weighted by atomic mass is 9.98. The van der Waals surface area contributed by atoms with E-state index < -0.39 is 0 Å². The number of benzene rings is 1. The van der Waals surface area contributed by atoms with E-state index in [0.717, 1.165) is 31.4 Å². The summed E-state index contributed by atoms with van der Waals surface area (Å²) in [5.74, 6) is 0. The normalized spacial score (nSPS) is 21.8. The Morgan fingerprint density at radius 2 is 2.15 bits per heavy atom. The number of hydrogen-bond acceptors (Lipinski definition) is 3. The van der Waals surface area contributed by atoms with Gasteiger partial charge in [-0.25, -0.2) is 9.36 Å². The summed E-state index contributed by atoms with van der Waals surface area (Å²) >= 11 is 0. The fourth-order valence-corrected chi connectivity index (χ4v) is 3.89. The van der Waals surface area contributed by atoms with Gasteiger partial charge in [0.05, 0.1) is 24.4 Å². The second-order valence-electron chi connectivity index (χ2n) is 5.63. The molecule has 2 aliphatic heterocycles. The topological polar surface area (TPSA) is 34.5 Å². The summed E-state index contributed by atoms with van der Waals surface area (Å²) in [6, 6.07) is 8.55. The van der Waals surface area contributed by atoms with Gasteiger partial charge in [0.2, 0.25) is 0 Å². The Labute approximate surface area is 117 Å². The van der Waals surface area contributed by atoms with Gasteiger partial charge in [-0.2, -0.15) is 0 Å². The van der Waals surface area contributed by atoms with E-state index in [2.05, 4.69) is 11.0 Å².